The van der Waals surface area contributed by atoms with Crippen molar-refractivity contribution in [3.8, 4) is 17.0 Å². The topological polar surface area (TPSA) is 40.6 Å². The smallest absolute Gasteiger partial charge is 0.185 e. The highest BCUT2D eigenvalue weighted by molar-refractivity contribution is 5.60. The van der Waals surface area contributed by atoms with Gasteiger partial charge in [0.05, 0.1) is 18.9 Å². The highest BCUT2D eigenvalue weighted by Gasteiger charge is 2.23. The number of aromatic nitrogens is 1. The lowest BCUT2D eigenvalue weighted by Gasteiger charge is -2.29. The minimum atomic E-state index is -0.911. The van der Waals surface area contributed by atoms with Crippen molar-refractivity contribution in [1.29, 1.82) is 0 Å². The van der Waals surface area contributed by atoms with Crippen molar-refractivity contribution in [2.24, 2.45) is 5.92 Å². The van der Waals surface area contributed by atoms with Crippen LogP contribution in [0, 0.1) is 5.92 Å². The van der Waals surface area contributed by atoms with Crippen LogP contribution in [-0.4, -0.2) is 31.0 Å². The van der Waals surface area contributed by atoms with Gasteiger partial charge in [-0.05, 0) is 43.2 Å². The number of hydrogen-bond acceptors (Lipinski definition) is 4. The maximum Gasteiger partial charge on any atom is 0.185 e. The predicted octanol–water partition coefficient (Wildman–Crippen LogP) is 8.85. The molecule has 36 heavy (non-hydrogen) atoms. The molecule has 1 fully saturated rings. The Morgan fingerprint density at radius 2 is 1.53 bits per heavy atom. The summed E-state index contributed by atoms with van der Waals surface area (Å²) in [6, 6.07) is 11.7. The summed E-state index contributed by atoms with van der Waals surface area (Å²) in [5.41, 5.74) is 2.82. The summed E-state index contributed by atoms with van der Waals surface area (Å²) in [6.07, 6.45) is 14.6. The van der Waals surface area contributed by atoms with E-state index in [4.69, 9.17) is 14.2 Å². The van der Waals surface area contributed by atoms with E-state index in [0.717, 1.165) is 42.9 Å². The van der Waals surface area contributed by atoms with Crippen LogP contribution in [0.15, 0.2) is 42.6 Å². The van der Waals surface area contributed by atoms with Crippen molar-refractivity contribution in [3.05, 3.63) is 48.2 Å². The second kappa shape index (κ2) is 16.7. The van der Waals surface area contributed by atoms with Crippen molar-refractivity contribution < 1.29 is 18.6 Å². The zero-order chi connectivity index (χ0) is 25.4. The van der Waals surface area contributed by atoms with Gasteiger partial charge >= 0.3 is 0 Å². The Labute approximate surface area is 218 Å². The number of ether oxygens (including phenoxy) is 3. The lowest BCUT2D eigenvalue weighted by Crippen LogP contribution is -2.27. The molecule has 1 saturated heterocycles. The van der Waals surface area contributed by atoms with E-state index in [1.807, 2.05) is 42.6 Å². The number of unbranched alkanes of at least 4 members (excludes halogenated alkanes) is 8. The predicted molar refractivity (Wildman–Crippen MR) is 145 cm³/mol. The van der Waals surface area contributed by atoms with Crippen molar-refractivity contribution in [1.82, 2.24) is 4.98 Å². The number of hydrogen-bond donors (Lipinski definition) is 0. The molecule has 0 unspecified atom stereocenters. The molecule has 0 bridgehead atoms. The van der Waals surface area contributed by atoms with Crippen LogP contribution in [0.1, 0.15) is 103 Å². The molecule has 200 valence electrons. The monoisotopic (exact) mass is 499 g/mol. The van der Waals surface area contributed by atoms with Crippen LogP contribution >= 0.6 is 0 Å². The van der Waals surface area contributed by atoms with Gasteiger partial charge in [0, 0.05) is 23.2 Å². The van der Waals surface area contributed by atoms with Gasteiger partial charge in [-0.15, -0.1) is 0 Å². The summed E-state index contributed by atoms with van der Waals surface area (Å²) in [4.78, 5) is 4.62. The maximum atomic E-state index is 14.0. The van der Waals surface area contributed by atoms with E-state index in [2.05, 4.69) is 18.8 Å². The van der Waals surface area contributed by atoms with Crippen molar-refractivity contribution in [2.45, 2.75) is 103 Å². The molecule has 1 aliphatic heterocycles. The van der Waals surface area contributed by atoms with Crippen molar-refractivity contribution >= 4 is 0 Å². The molecule has 3 rings (SSSR count). The summed E-state index contributed by atoms with van der Waals surface area (Å²) in [7, 11) is 0. The Morgan fingerprint density at radius 3 is 2.19 bits per heavy atom. The molecule has 0 saturated carbocycles. The Balaban J connectivity index is 1.37. The van der Waals surface area contributed by atoms with E-state index in [-0.39, 0.29) is 12.9 Å². The summed E-state index contributed by atoms with van der Waals surface area (Å²) < 4.78 is 31.7. The molecular formula is C31H46FNO3. The zero-order valence-corrected chi connectivity index (χ0v) is 22.4. The molecule has 5 heteroatoms. The van der Waals surface area contributed by atoms with Crippen LogP contribution in [0.5, 0.6) is 5.75 Å². The van der Waals surface area contributed by atoms with Gasteiger partial charge in [0.2, 0.25) is 0 Å². The highest BCUT2D eigenvalue weighted by Crippen LogP contribution is 2.29. The van der Waals surface area contributed by atoms with Crippen LogP contribution in [0.2, 0.25) is 0 Å². The van der Waals surface area contributed by atoms with Gasteiger partial charge in [-0.1, -0.05) is 84.1 Å². The fraction of sp³-hybridized carbons (Fsp3) is 0.645. The zero-order valence-electron chi connectivity index (χ0n) is 22.4. The second-order valence-electron chi connectivity index (χ2n) is 10.2. The molecule has 1 atom stereocenters. The van der Waals surface area contributed by atoms with Gasteiger partial charge < -0.3 is 14.2 Å². The van der Waals surface area contributed by atoms with Gasteiger partial charge in [0.25, 0.3) is 0 Å². The van der Waals surface area contributed by atoms with Crippen LogP contribution in [0.25, 0.3) is 11.3 Å². The molecule has 0 aliphatic carbocycles. The van der Waals surface area contributed by atoms with Gasteiger partial charge in [-0.25, -0.2) is 4.39 Å². The average molecular weight is 500 g/mol. The summed E-state index contributed by atoms with van der Waals surface area (Å²) >= 11 is 0. The first kappa shape index (κ1) is 28.6. The molecule has 0 spiro atoms. The van der Waals surface area contributed by atoms with Crippen LogP contribution in [0.4, 0.5) is 4.39 Å². The molecular weight excluding hydrogens is 453 g/mol. The quantitative estimate of drug-likeness (QED) is 0.204. The molecule has 4 nitrogen and oxygen atoms in total. The molecule has 2 heterocycles. The molecule has 1 aromatic carbocycles. The van der Waals surface area contributed by atoms with E-state index in [0.29, 0.717) is 18.1 Å². The van der Waals surface area contributed by atoms with E-state index in [9.17, 15) is 4.39 Å². The van der Waals surface area contributed by atoms with Crippen LogP contribution in [-0.2, 0) is 9.47 Å². The molecule has 0 radical (unpaired) electrons. The number of benzene rings is 1. The minimum absolute atomic E-state index is 0.111. The molecule has 1 aliphatic rings. The van der Waals surface area contributed by atoms with Crippen molar-refractivity contribution in [2.75, 3.05) is 19.8 Å². The standard InChI is InChI=1S/C31H46FNO3/c1-3-5-7-9-10-11-13-25-22-35-31(36-23-25)27-17-20-30(33-21-27)26-15-18-29(19-16-26)34-24-28(32)14-12-8-6-4-2/h15-21,25,28,31H,3-14,22-24H2,1-2H3/t25-,28-,31-/m1/s1. The van der Waals surface area contributed by atoms with Crippen molar-refractivity contribution in [3.63, 3.8) is 0 Å². The van der Waals surface area contributed by atoms with E-state index >= 15 is 0 Å². The molecule has 1 aromatic heterocycles. The van der Waals surface area contributed by atoms with Gasteiger partial charge in [0.1, 0.15) is 18.5 Å². The maximum absolute atomic E-state index is 14.0. The summed E-state index contributed by atoms with van der Waals surface area (Å²) in [5, 5.41) is 0. The average Bonchev–Trinajstić information content (AvgIpc) is 2.93. The Hall–Kier alpha value is -1.98. The number of pyridine rings is 1. The summed E-state index contributed by atoms with van der Waals surface area (Å²) in [6.45, 7) is 6.03. The fourth-order valence-corrected chi connectivity index (χ4v) is 4.62. The first-order chi connectivity index (χ1) is 17.7. The van der Waals surface area contributed by atoms with E-state index in [1.165, 1.54) is 57.8 Å². The number of halogens is 1. The normalized spacial score (nSPS) is 18.8. The van der Waals surface area contributed by atoms with Gasteiger partial charge in [-0.3, -0.25) is 4.98 Å². The lowest BCUT2D eigenvalue weighted by atomic mass is 10.0. The first-order valence-electron chi connectivity index (χ1n) is 14.3. The van der Waals surface area contributed by atoms with Crippen LogP contribution in [0.3, 0.4) is 0 Å². The summed E-state index contributed by atoms with van der Waals surface area (Å²) in [5.74, 6) is 1.18. The number of nitrogens with zero attached hydrogens (tertiary/aromatic N) is 1. The minimum Gasteiger partial charge on any atom is -0.491 e. The van der Waals surface area contributed by atoms with Crippen LogP contribution < -0.4 is 4.74 Å². The molecule has 0 amide bonds. The van der Waals surface area contributed by atoms with Gasteiger partial charge in [-0.2, -0.15) is 0 Å². The second-order valence-corrected chi connectivity index (χ2v) is 10.2. The highest BCUT2D eigenvalue weighted by atomic mass is 19.1. The third-order valence-electron chi connectivity index (χ3n) is 6.94. The Morgan fingerprint density at radius 1 is 0.861 bits per heavy atom. The first-order valence-corrected chi connectivity index (χ1v) is 14.3. The Bertz CT molecular complexity index is 819. The van der Waals surface area contributed by atoms with Gasteiger partial charge in [0.15, 0.2) is 6.29 Å². The number of rotatable bonds is 17. The third kappa shape index (κ3) is 10.2. The van der Waals surface area contributed by atoms with E-state index < -0.39 is 6.17 Å². The molecule has 2 aromatic rings. The number of alkyl halides is 1. The Kier molecular flexibility index (Phi) is 13.3. The SMILES string of the molecule is CCCCCCCC[C@H]1CO[C@H](c2ccc(-c3ccc(OC[C@H](F)CCCCCC)cc3)nc2)OC1. The third-order valence-corrected chi connectivity index (χ3v) is 6.94. The molecule has 0 N–H and O–H groups in total. The fourth-order valence-electron chi connectivity index (χ4n) is 4.62. The van der Waals surface area contributed by atoms with E-state index in [1.54, 1.807) is 0 Å². The largest absolute Gasteiger partial charge is 0.491 e. The lowest BCUT2D eigenvalue weighted by molar-refractivity contribution is -0.206.